The molecule has 0 aliphatic rings. The van der Waals surface area contributed by atoms with E-state index in [-0.39, 0.29) is 23.8 Å². The predicted octanol–water partition coefficient (Wildman–Crippen LogP) is 1.19. The number of amides is 1. The first-order chi connectivity index (χ1) is 9.86. The van der Waals surface area contributed by atoms with Gasteiger partial charge in [-0.25, -0.2) is 13.1 Å². The number of methoxy groups -OCH3 is 1. The average Bonchev–Trinajstić information content (AvgIpc) is 2.41. The number of aryl methyl sites for hydroxylation is 1. The Morgan fingerprint density at radius 1 is 1.33 bits per heavy atom. The molecule has 0 aliphatic carbocycles. The summed E-state index contributed by atoms with van der Waals surface area (Å²) in [4.78, 5) is 11.7. The second kappa shape index (κ2) is 8.47. The minimum absolute atomic E-state index is 0.0487. The molecule has 0 heterocycles. The van der Waals surface area contributed by atoms with E-state index in [0.717, 1.165) is 0 Å². The molecule has 1 aromatic rings. The summed E-state index contributed by atoms with van der Waals surface area (Å²) in [5, 5.41) is 2.62. The van der Waals surface area contributed by atoms with Gasteiger partial charge >= 0.3 is 0 Å². The Hall–Kier alpha value is -0.960. The maximum atomic E-state index is 12.2. The molecule has 0 saturated carbocycles. The van der Waals surface area contributed by atoms with Crippen LogP contribution >= 0.6 is 15.9 Å². The number of halogens is 1. The molecule has 1 rings (SSSR count). The zero-order valence-corrected chi connectivity index (χ0v) is 14.4. The van der Waals surface area contributed by atoms with Crippen LogP contribution in [0.5, 0.6) is 0 Å². The van der Waals surface area contributed by atoms with Crippen molar-refractivity contribution >= 4 is 31.9 Å². The smallest absolute Gasteiger partial charge is 0.240 e. The molecule has 0 aromatic heterocycles. The molecule has 0 radical (unpaired) electrons. The van der Waals surface area contributed by atoms with Gasteiger partial charge in [0.05, 0.1) is 11.5 Å². The first-order valence-corrected chi connectivity index (χ1v) is 8.66. The topological polar surface area (TPSA) is 84.5 Å². The number of hydrogen-bond acceptors (Lipinski definition) is 4. The van der Waals surface area contributed by atoms with E-state index in [0.29, 0.717) is 23.2 Å². The first kappa shape index (κ1) is 18.1. The van der Waals surface area contributed by atoms with Gasteiger partial charge < -0.3 is 10.1 Å². The van der Waals surface area contributed by atoms with E-state index in [2.05, 4.69) is 26.0 Å². The lowest BCUT2D eigenvalue weighted by atomic mass is 10.2. The molecule has 8 heteroatoms. The summed E-state index contributed by atoms with van der Waals surface area (Å²) in [6, 6.07) is 5.03. The van der Waals surface area contributed by atoms with Gasteiger partial charge in [0.1, 0.15) is 0 Å². The maximum Gasteiger partial charge on any atom is 0.240 e. The van der Waals surface area contributed by atoms with Crippen LogP contribution in [-0.4, -0.2) is 41.1 Å². The van der Waals surface area contributed by atoms with Crippen molar-refractivity contribution in [2.24, 2.45) is 0 Å². The van der Waals surface area contributed by atoms with Gasteiger partial charge in [-0.05, 0) is 24.6 Å². The Morgan fingerprint density at radius 2 is 2.05 bits per heavy atom. The van der Waals surface area contributed by atoms with Gasteiger partial charge in [-0.2, -0.15) is 0 Å². The number of ether oxygens (including phenoxy) is 1. The number of rotatable bonds is 8. The molecule has 21 heavy (non-hydrogen) atoms. The lowest BCUT2D eigenvalue weighted by molar-refractivity contribution is -0.121. The Morgan fingerprint density at radius 3 is 2.71 bits per heavy atom. The molecular formula is C13H19BrN2O4S. The fraction of sp³-hybridized carbons (Fsp3) is 0.462. The summed E-state index contributed by atoms with van der Waals surface area (Å²) in [5.74, 6) is -0.222. The lowest BCUT2D eigenvalue weighted by Crippen LogP contribution is -2.32. The summed E-state index contributed by atoms with van der Waals surface area (Å²) >= 11 is 3.25. The number of hydrogen-bond donors (Lipinski definition) is 2. The van der Waals surface area contributed by atoms with E-state index < -0.39 is 10.0 Å². The van der Waals surface area contributed by atoms with E-state index >= 15 is 0 Å². The fourth-order valence-corrected chi connectivity index (χ4v) is 3.43. The van der Waals surface area contributed by atoms with E-state index in [1.165, 1.54) is 6.07 Å². The Labute approximate surface area is 133 Å². The van der Waals surface area contributed by atoms with Gasteiger partial charge in [0.2, 0.25) is 15.9 Å². The summed E-state index contributed by atoms with van der Waals surface area (Å²) in [5.41, 5.74) is 0.648. The van der Waals surface area contributed by atoms with Crippen molar-refractivity contribution < 1.29 is 17.9 Å². The molecule has 1 amide bonds. The second-order valence-electron chi connectivity index (χ2n) is 4.40. The van der Waals surface area contributed by atoms with E-state index in [9.17, 15) is 13.2 Å². The highest BCUT2D eigenvalue weighted by atomic mass is 79.9. The zero-order valence-electron chi connectivity index (χ0n) is 12.0. The van der Waals surface area contributed by atoms with Gasteiger partial charge in [-0.15, -0.1) is 0 Å². The van der Waals surface area contributed by atoms with Crippen molar-refractivity contribution in [1.29, 1.82) is 0 Å². The average molecular weight is 379 g/mol. The van der Waals surface area contributed by atoms with Crippen molar-refractivity contribution in [2.75, 3.05) is 26.8 Å². The number of benzene rings is 1. The Bertz CT molecular complexity index is 590. The van der Waals surface area contributed by atoms with Gasteiger partial charge in [0.25, 0.3) is 0 Å². The van der Waals surface area contributed by atoms with E-state index in [1.807, 2.05) is 0 Å². The van der Waals surface area contributed by atoms with Crippen molar-refractivity contribution in [3.05, 3.63) is 28.2 Å². The number of carbonyl (C=O) groups is 1. The maximum absolute atomic E-state index is 12.2. The van der Waals surface area contributed by atoms with Crippen LogP contribution in [0.25, 0.3) is 0 Å². The number of sulfonamides is 1. The standard InChI is InChI=1S/C13H19BrN2O4S/c1-10-3-4-11(14)9-12(10)21(18,19)16-6-5-13(17)15-7-8-20-2/h3-4,9,16H,5-8H2,1-2H3,(H,15,17). The first-order valence-electron chi connectivity index (χ1n) is 6.38. The van der Waals surface area contributed by atoms with Crippen molar-refractivity contribution in [3.8, 4) is 0 Å². The number of carbonyl (C=O) groups excluding carboxylic acids is 1. The van der Waals surface area contributed by atoms with Crippen LogP contribution in [0.3, 0.4) is 0 Å². The van der Waals surface area contributed by atoms with Crippen LogP contribution in [-0.2, 0) is 19.6 Å². The minimum Gasteiger partial charge on any atom is -0.383 e. The van der Waals surface area contributed by atoms with Gasteiger partial charge in [-0.1, -0.05) is 22.0 Å². The SMILES string of the molecule is COCCNC(=O)CCNS(=O)(=O)c1cc(Br)ccc1C. The highest BCUT2D eigenvalue weighted by Gasteiger charge is 2.17. The molecule has 0 fully saturated rings. The Kier molecular flexibility index (Phi) is 7.30. The summed E-state index contributed by atoms with van der Waals surface area (Å²) in [7, 11) is -2.08. The Balaban J connectivity index is 2.54. The summed E-state index contributed by atoms with van der Waals surface area (Å²) in [6.07, 6.45) is 0.0794. The molecule has 0 spiro atoms. The number of nitrogens with one attached hydrogen (secondary N) is 2. The molecule has 0 atom stereocenters. The van der Waals surface area contributed by atoms with Crippen molar-refractivity contribution in [2.45, 2.75) is 18.2 Å². The van der Waals surface area contributed by atoms with Crippen molar-refractivity contribution in [1.82, 2.24) is 10.0 Å². The molecule has 118 valence electrons. The molecule has 0 saturated heterocycles. The van der Waals surface area contributed by atoms with Crippen LogP contribution in [0.15, 0.2) is 27.6 Å². The van der Waals surface area contributed by atoms with Crippen LogP contribution in [0, 0.1) is 6.92 Å². The third-order valence-electron chi connectivity index (χ3n) is 2.71. The highest BCUT2D eigenvalue weighted by Crippen LogP contribution is 2.20. The van der Waals surface area contributed by atoms with Crippen LogP contribution in [0.4, 0.5) is 0 Å². The van der Waals surface area contributed by atoms with Gasteiger partial charge in [-0.3, -0.25) is 4.79 Å². The summed E-state index contributed by atoms with van der Waals surface area (Å²) < 4.78 is 32.2. The molecule has 0 aliphatic heterocycles. The molecular weight excluding hydrogens is 360 g/mol. The van der Waals surface area contributed by atoms with Gasteiger partial charge in [0.15, 0.2) is 0 Å². The normalized spacial score (nSPS) is 11.4. The quantitative estimate of drug-likeness (QED) is 0.665. The van der Waals surface area contributed by atoms with Crippen LogP contribution < -0.4 is 10.0 Å². The predicted molar refractivity (Wildman–Crippen MR) is 83.6 cm³/mol. The lowest BCUT2D eigenvalue weighted by Gasteiger charge is -2.10. The van der Waals surface area contributed by atoms with E-state index in [1.54, 1.807) is 26.2 Å². The third kappa shape index (κ3) is 6.13. The molecule has 2 N–H and O–H groups in total. The third-order valence-corrected chi connectivity index (χ3v) is 4.81. The molecule has 0 bridgehead atoms. The summed E-state index contributed by atoms with van der Waals surface area (Å²) in [6.45, 7) is 2.60. The molecule has 1 aromatic carbocycles. The minimum atomic E-state index is -3.62. The van der Waals surface area contributed by atoms with Crippen LogP contribution in [0.1, 0.15) is 12.0 Å². The monoisotopic (exact) mass is 378 g/mol. The highest BCUT2D eigenvalue weighted by molar-refractivity contribution is 9.10. The fourth-order valence-electron chi connectivity index (χ4n) is 1.62. The zero-order chi connectivity index (χ0) is 15.9. The molecule has 6 nitrogen and oxygen atoms in total. The van der Waals surface area contributed by atoms with Gasteiger partial charge in [0, 0.05) is 31.1 Å². The van der Waals surface area contributed by atoms with Crippen molar-refractivity contribution in [3.63, 3.8) is 0 Å². The van der Waals surface area contributed by atoms with E-state index in [4.69, 9.17) is 4.74 Å². The second-order valence-corrected chi connectivity index (χ2v) is 7.05. The molecule has 0 unspecified atom stereocenters. The largest absolute Gasteiger partial charge is 0.383 e. The van der Waals surface area contributed by atoms with Crippen LogP contribution in [0.2, 0.25) is 0 Å².